The molecule has 0 spiro atoms. The topological polar surface area (TPSA) is 63.8 Å². The van der Waals surface area contributed by atoms with Crippen molar-refractivity contribution in [1.29, 1.82) is 0 Å². The third kappa shape index (κ3) is 2.59. The number of rotatable bonds is 3. The van der Waals surface area contributed by atoms with Crippen molar-refractivity contribution >= 4 is 11.6 Å². The lowest BCUT2D eigenvalue weighted by Gasteiger charge is -2.11. The van der Waals surface area contributed by atoms with E-state index in [1.807, 2.05) is 0 Å². The number of benzene rings is 1. The molecule has 0 saturated carbocycles. The fourth-order valence-electron chi connectivity index (χ4n) is 1.51. The molecule has 1 atom stereocenters. The van der Waals surface area contributed by atoms with Crippen LogP contribution in [0.4, 0.5) is 4.39 Å². The molecule has 0 bridgehead atoms. The first-order valence-corrected chi connectivity index (χ1v) is 5.30. The van der Waals surface area contributed by atoms with Gasteiger partial charge in [0, 0.05) is 17.0 Å². The number of halogens is 2. The number of tetrazole rings is 1. The molecule has 0 saturated heterocycles. The van der Waals surface area contributed by atoms with E-state index in [0.29, 0.717) is 5.82 Å². The minimum atomic E-state index is -1.09. The highest BCUT2D eigenvalue weighted by molar-refractivity contribution is 6.31. The monoisotopic (exact) mass is 256 g/mol. The predicted octanol–water partition coefficient (Wildman–Crippen LogP) is 1.28. The number of aryl methyl sites for hydroxylation is 1. The van der Waals surface area contributed by atoms with Gasteiger partial charge in [0.1, 0.15) is 5.82 Å². The molecule has 0 aliphatic rings. The van der Waals surface area contributed by atoms with E-state index in [1.54, 1.807) is 7.05 Å². The zero-order valence-corrected chi connectivity index (χ0v) is 9.76. The molecule has 7 heteroatoms. The van der Waals surface area contributed by atoms with E-state index < -0.39 is 11.9 Å². The van der Waals surface area contributed by atoms with Gasteiger partial charge < -0.3 is 5.11 Å². The lowest BCUT2D eigenvalue weighted by molar-refractivity contribution is 0.171. The molecule has 0 fully saturated rings. The Morgan fingerprint density at radius 3 is 2.88 bits per heavy atom. The highest BCUT2D eigenvalue weighted by Crippen LogP contribution is 2.27. The van der Waals surface area contributed by atoms with Crippen LogP contribution in [0.3, 0.4) is 0 Å². The van der Waals surface area contributed by atoms with Gasteiger partial charge in [0.05, 0.1) is 13.2 Å². The highest BCUT2D eigenvalue weighted by Gasteiger charge is 2.18. The van der Waals surface area contributed by atoms with Gasteiger partial charge in [0.15, 0.2) is 5.82 Å². The van der Waals surface area contributed by atoms with Gasteiger partial charge in [-0.1, -0.05) is 17.7 Å². The summed E-state index contributed by atoms with van der Waals surface area (Å²) in [5, 5.41) is 21.3. The van der Waals surface area contributed by atoms with Crippen molar-refractivity contribution in [3.63, 3.8) is 0 Å². The Kier molecular flexibility index (Phi) is 3.35. The summed E-state index contributed by atoms with van der Waals surface area (Å²) in [5.41, 5.74) is 0.0571. The van der Waals surface area contributed by atoms with Crippen LogP contribution in [-0.4, -0.2) is 25.3 Å². The number of hydrogen-bond donors (Lipinski definition) is 1. The van der Waals surface area contributed by atoms with Crippen LogP contribution in [-0.2, 0) is 13.5 Å². The van der Waals surface area contributed by atoms with E-state index in [4.69, 9.17) is 11.6 Å². The molecule has 5 nitrogen and oxygen atoms in total. The number of aromatic nitrogens is 4. The first-order valence-electron chi connectivity index (χ1n) is 4.93. The van der Waals surface area contributed by atoms with Crippen molar-refractivity contribution in [2.75, 3.05) is 0 Å². The van der Waals surface area contributed by atoms with Crippen molar-refractivity contribution in [3.8, 4) is 0 Å². The number of aliphatic hydroxyl groups is 1. The second-order valence-electron chi connectivity index (χ2n) is 3.55. The maximum absolute atomic E-state index is 13.5. The summed E-state index contributed by atoms with van der Waals surface area (Å²) in [4.78, 5) is 1.27. The van der Waals surface area contributed by atoms with Crippen molar-refractivity contribution in [1.82, 2.24) is 20.2 Å². The van der Waals surface area contributed by atoms with E-state index in [2.05, 4.69) is 15.4 Å². The molecule has 0 radical (unpaired) electrons. The van der Waals surface area contributed by atoms with E-state index in [-0.39, 0.29) is 17.0 Å². The van der Waals surface area contributed by atoms with Crippen LogP contribution in [0.2, 0.25) is 5.02 Å². The van der Waals surface area contributed by atoms with Gasteiger partial charge in [-0.25, -0.2) is 4.39 Å². The lowest BCUT2D eigenvalue weighted by atomic mass is 10.1. The molecular weight excluding hydrogens is 247 g/mol. The molecule has 0 aliphatic carbocycles. The normalized spacial score (nSPS) is 12.7. The van der Waals surface area contributed by atoms with E-state index in [0.717, 1.165) is 0 Å². The van der Waals surface area contributed by atoms with E-state index in [9.17, 15) is 9.50 Å². The number of aliphatic hydroxyl groups excluding tert-OH is 1. The van der Waals surface area contributed by atoms with Crippen molar-refractivity contribution in [3.05, 3.63) is 40.4 Å². The van der Waals surface area contributed by atoms with Gasteiger partial charge >= 0.3 is 0 Å². The van der Waals surface area contributed by atoms with Gasteiger partial charge in [0.25, 0.3) is 0 Å². The SMILES string of the molecule is Cn1nnc(CC(O)c2c(F)cccc2Cl)n1. The molecule has 1 unspecified atom stereocenters. The summed E-state index contributed by atoms with van der Waals surface area (Å²) in [6.45, 7) is 0. The Hall–Kier alpha value is -1.53. The van der Waals surface area contributed by atoms with Crippen LogP contribution >= 0.6 is 11.6 Å². The lowest BCUT2D eigenvalue weighted by Crippen LogP contribution is -2.07. The summed E-state index contributed by atoms with van der Waals surface area (Å²) in [6, 6.07) is 4.25. The second kappa shape index (κ2) is 4.77. The quantitative estimate of drug-likeness (QED) is 0.899. The molecule has 0 amide bonds. The first kappa shape index (κ1) is 11.9. The molecule has 2 rings (SSSR count). The zero-order chi connectivity index (χ0) is 12.4. The Balaban J connectivity index is 2.22. The Bertz CT molecular complexity index is 511. The molecule has 1 aromatic heterocycles. The van der Waals surface area contributed by atoms with Crippen LogP contribution in [0.15, 0.2) is 18.2 Å². The van der Waals surface area contributed by atoms with Crippen LogP contribution in [0.1, 0.15) is 17.5 Å². The summed E-state index contributed by atoms with van der Waals surface area (Å²) in [6.07, 6.45) is -1.03. The molecule has 0 aliphatic heterocycles. The van der Waals surface area contributed by atoms with Gasteiger partial charge in [-0.3, -0.25) is 0 Å². The van der Waals surface area contributed by atoms with Crippen LogP contribution in [0, 0.1) is 5.82 Å². The predicted molar refractivity (Wildman–Crippen MR) is 58.9 cm³/mol. The maximum Gasteiger partial charge on any atom is 0.177 e. The molecule has 17 heavy (non-hydrogen) atoms. The summed E-state index contributed by atoms with van der Waals surface area (Å²) < 4.78 is 13.5. The molecule has 2 aromatic rings. The third-order valence-corrected chi connectivity index (χ3v) is 2.59. The average molecular weight is 257 g/mol. The number of hydrogen-bond acceptors (Lipinski definition) is 4. The molecule has 1 aromatic carbocycles. The van der Waals surface area contributed by atoms with E-state index >= 15 is 0 Å². The largest absolute Gasteiger partial charge is 0.388 e. The maximum atomic E-state index is 13.5. The standard InChI is InChI=1S/C10H10ClFN4O/c1-16-14-9(13-15-16)5-8(17)10-6(11)3-2-4-7(10)12/h2-4,8,17H,5H2,1H3. The molecular formula is C10H10ClFN4O. The third-order valence-electron chi connectivity index (χ3n) is 2.26. The first-order chi connectivity index (χ1) is 8.08. The average Bonchev–Trinajstić information content (AvgIpc) is 2.63. The smallest absolute Gasteiger partial charge is 0.177 e. The zero-order valence-electron chi connectivity index (χ0n) is 9.01. The van der Waals surface area contributed by atoms with Gasteiger partial charge in [-0.2, -0.15) is 4.80 Å². The molecule has 90 valence electrons. The van der Waals surface area contributed by atoms with E-state index in [1.165, 1.54) is 23.0 Å². The van der Waals surface area contributed by atoms with Crippen molar-refractivity contribution in [2.45, 2.75) is 12.5 Å². The summed E-state index contributed by atoms with van der Waals surface area (Å²) in [7, 11) is 1.61. The highest BCUT2D eigenvalue weighted by atomic mass is 35.5. The van der Waals surface area contributed by atoms with Crippen LogP contribution in [0.5, 0.6) is 0 Å². The summed E-state index contributed by atoms with van der Waals surface area (Å²) >= 11 is 5.83. The molecule has 1 N–H and O–H groups in total. The van der Waals surface area contributed by atoms with Gasteiger partial charge in [-0.05, 0) is 17.3 Å². The minimum absolute atomic E-state index is 0.0571. The second-order valence-corrected chi connectivity index (χ2v) is 3.96. The Labute approximate surface area is 102 Å². The van der Waals surface area contributed by atoms with Gasteiger partial charge in [-0.15, -0.1) is 10.2 Å². The number of nitrogens with zero attached hydrogens (tertiary/aromatic N) is 4. The van der Waals surface area contributed by atoms with Crippen LogP contribution < -0.4 is 0 Å². The summed E-state index contributed by atoms with van der Waals surface area (Å²) in [5.74, 6) is -0.215. The Morgan fingerprint density at radius 2 is 2.29 bits per heavy atom. The fourth-order valence-corrected chi connectivity index (χ4v) is 1.80. The Morgan fingerprint density at radius 1 is 1.53 bits per heavy atom. The van der Waals surface area contributed by atoms with Gasteiger partial charge in [0.2, 0.25) is 0 Å². The molecule has 1 heterocycles. The van der Waals surface area contributed by atoms with Crippen molar-refractivity contribution in [2.24, 2.45) is 7.05 Å². The van der Waals surface area contributed by atoms with Crippen LogP contribution in [0.25, 0.3) is 0 Å². The minimum Gasteiger partial charge on any atom is -0.388 e. The fraction of sp³-hybridized carbons (Fsp3) is 0.300. The van der Waals surface area contributed by atoms with Crippen molar-refractivity contribution < 1.29 is 9.50 Å².